The predicted octanol–water partition coefficient (Wildman–Crippen LogP) is 1.63. The number of halogens is 1. The SMILES string of the molecule is CCCn1ccnc(N2CCC(Br)C2)c1=O. The molecule has 1 unspecified atom stereocenters. The fraction of sp³-hybridized carbons (Fsp3) is 0.636. The summed E-state index contributed by atoms with van der Waals surface area (Å²) in [5, 5.41) is 0. The lowest BCUT2D eigenvalue weighted by Gasteiger charge is -2.16. The quantitative estimate of drug-likeness (QED) is 0.793. The number of hydrogen-bond acceptors (Lipinski definition) is 3. The minimum absolute atomic E-state index is 0.0333. The average Bonchev–Trinajstić information content (AvgIpc) is 2.68. The summed E-state index contributed by atoms with van der Waals surface area (Å²) < 4.78 is 1.74. The van der Waals surface area contributed by atoms with Crippen LogP contribution in [0.15, 0.2) is 17.2 Å². The highest BCUT2D eigenvalue weighted by molar-refractivity contribution is 9.09. The third kappa shape index (κ3) is 2.29. The van der Waals surface area contributed by atoms with E-state index in [0.29, 0.717) is 10.6 Å². The van der Waals surface area contributed by atoms with Gasteiger partial charge in [0.15, 0.2) is 5.82 Å². The van der Waals surface area contributed by atoms with Crippen molar-refractivity contribution in [3.8, 4) is 0 Å². The van der Waals surface area contributed by atoms with Gasteiger partial charge in [-0.2, -0.15) is 0 Å². The Balaban J connectivity index is 2.27. The van der Waals surface area contributed by atoms with Crippen molar-refractivity contribution in [1.82, 2.24) is 9.55 Å². The molecule has 0 aliphatic carbocycles. The number of nitrogens with zero attached hydrogens (tertiary/aromatic N) is 3. The second-order valence-corrected chi connectivity index (χ2v) is 5.38. The van der Waals surface area contributed by atoms with Crippen LogP contribution in [0.3, 0.4) is 0 Å². The number of aromatic nitrogens is 2. The van der Waals surface area contributed by atoms with Gasteiger partial charge in [-0.1, -0.05) is 22.9 Å². The predicted molar refractivity (Wildman–Crippen MR) is 68.3 cm³/mol. The molecule has 1 aliphatic rings. The van der Waals surface area contributed by atoms with Crippen molar-refractivity contribution in [3.63, 3.8) is 0 Å². The van der Waals surface area contributed by atoms with E-state index >= 15 is 0 Å². The summed E-state index contributed by atoms with van der Waals surface area (Å²) in [6, 6.07) is 0. The molecular formula is C11H16BrN3O. The largest absolute Gasteiger partial charge is 0.351 e. The second kappa shape index (κ2) is 4.99. The number of hydrogen-bond donors (Lipinski definition) is 0. The molecule has 0 spiro atoms. The van der Waals surface area contributed by atoms with E-state index in [9.17, 15) is 4.79 Å². The highest BCUT2D eigenvalue weighted by atomic mass is 79.9. The minimum Gasteiger partial charge on any atom is -0.351 e. The van der Waals surface area contributed by atoms with Gasteiger partial charge in [-0.25, -0.2) is 4.98 Å². The Labute approximate surface area is 103 Å². The molecule has 0 saturated carbocycles. The Morgan fingerprint density at radius 2 is 2.44 bits per heavy atom. The first-order chi connectivity index (χ1) is 7.72. The van der Waals surface area contributed by atoms with Crippen LogP contribution in [0.1, 0.15) is 19.8 Å². The molecule has 0 amide bonds. The van der Waals surface area contributed by atoms with Crippen molar-refractivity contribution in [2.24, 2.45) is 0 Å². The lowest BCUT2D eigenvalue weighted by atomic mass is 10.4. The van der Waals surface area contributed by atoms with Crippen molar-refractivity contribution in [1.29, 1.82) is 0 Å². The number of aryl methyl sites for hydroxylation is 1. The molecule has 4 nitrogen and oxygen atoms in total. The van der Waals surface area contributed by atoms with Crippen molar-refractivity contribution in [2.45, 2.75) is 31.1 Å². The molecule has 1 aliphatic heterocycles. The van der Waals surface area contributed by atoms with Gasteiger partial charge >= 0.3 is 0 Å². The van der Waals surface area contributed by atoms with Gasteiger partial charge in [0.2, 0.25) is 0 Å². The van der Waals surface area contributed by atoms with Crippen LogP contribution in [0.5, 0.6) is 0 Å². The Morgan fingerprint density at radius 1 is 1.62 bits per heavy atom. The zero-order valence-corrected chi connectivity index (χ0v) is 11.0. The van der Waals surface area contributed by atoms with E-state index in [1.165, 1.54) is 0 Å². The third-order valence-corrected chi connectivity index (χ3v) is 3.54. The first-order valence-electron chi connectivity index (χ1n) is 5.67. The van der Waals surface area contributed by atoms with Crippen molar-refractivity contribution in [2.75, 3.05) is 18.0 Å². The molecule has 0 bridgehead atoms. The first-order valence-corrected chi connectivity index (χ1v) is 6.58. The van der Waals surface area contributed by atoms with Gasteiger partial charge in [0.25, 0.3) is 5.56 Å². The molecule has 5 heteroatoms. The minimum atomic E-state index is 0.0333. The van der Waals surface area contributed by atoms with Gasteiger partial charge in [-0.05, 0) is 12.8 Å². The number of rotatable bonds is 3. The molecule has 0 aromatic carbocycles. The van der Waals surface area contributed by atoms with E-state index in [-0.39, 0.29) is 5.56 Å². The summed E-state index contributed by atoms with van der Waals surface area (Å²) in [4.78, 5) is 18.8. The van der Waals surface area contributed by atoms with E-state index in [2.05, 4.69) is 32.7 Å². The molecule has 0 N–H and O–H groups in total. The van der Waals surface area contributed by atoms with E-state index in [0.717, 1.165) is 32.5 Å². The number of alkyl halides is 1. The summed E-state index contributed by atoms with van der Waals surface area (Å²) in [5.41, 5.74) is 0.0333. The Kier molecular flexibility index (Phi) is 3.63. The van der Waals surface area contributed by atoms with Crippen LogP contribution >= 0.6 is 15.9 Å². The summed E-state index contributed by atoms with van der Waals surface area (Å²) in [6.07, 6.45) is 5.51. The Morgan fingerprint density at radius 3 is 3.06 bits per heavy atom. The van der Waals surface area contributed by atoms with E-state index in [4.69, 9.17) is 0 Å². The van der Waals surface area contributed by atoms with Crippen LogP contribution in [-0.2, 0) is 6.54 Å². The maximum atomic E-state index is 12.1. The fourth-order valence-electron chi connectivity index (χ4n) is 1.98. The van der Waals surface area contributed by atoms with Crippen LogP contribution in [0.2, 0.25) is 0 Å². The van der Waals surface area contributed by atoms with Crippen LogP contribution < -0.4 is 10.5 Å². The summed E-state index contributed by atoms with van der Waals surface area (Å²) >= 11 is 3.57. The van der Waals surface area contributed by atoms with Gasteiger partial charge in [0.1, 0.15) is 0 Å². The smallest absolute Gasteiger partial charge is 0.293 e. The molecule has 16 heavy (non-hydrogen) atoms. The summed E-state index contributed by atoms with van der Waals surface area (Å²) in [6.45, 7) is 4.61. The van der Waals surface area contributed by atoms with Gasteiger partial charge < -0.3 is 9.47 Å². The van der Waals surface area contributed by atoms with Crippen molar-refractivity contribution < 1.29 is 0 Å². The van der Waals surface area contributed by atoms with Gasteiger partial charge in [-0.15, -0.1) is 0 Å². The van der Waals surface area contributed by atoms with Crippen molar-refractivity contribution >= 4 is 21.7 Å². The summed E-state index contributed by atoms with van der Waals surface area (Å²) in [5.74, 6) is 0.595. The second-order valence-electron chi connectivity index (χ2n) is 4.08. The highest BCUT2D eigenvalue weighted by Gasteiger charge is 2.23. The maximum Gasteiger partial charge on any atom is 0.293 e. The Hall–Kier alpha value is -0.840. The average molecular weight is 286 g/mol. The van der Waals surface area contributed by atoms with Gasteiger partial charge in [0.05, 0.1) is 0 Å². The molecule has 2 rings (SSSR count). The Bertz CT molecular complexity index is 418. The standard InChI is InChI=1S/C11H16BrN3O/c1-2-5-14-7-4-13-10(11(14)16)15-6-3-9(12)8-15/h4,7,9H,2-3,5-6,8H2,1H3. The first kappa shape index (κ1) is 11.6. The lowest BCUT2D eigenvalue weighted by molar-refractivity contribution is 0.645. The fourth-order valence-corrected chi connectivity index (χ4v) is 2.53. The monoisotopic (exact) mass is 285 g/mol. The van der Waals surface area contributed by atoms with E-state index in [1.54, 1.807) is 17.0 Å². The molecule has 2 heterocycles. The third-order valence-electron chi connectivity index (χ3n) is 2.79. The van der Waals surface area contributed by atoms with E-state index in [1.807, 2.05) is 0 Å². The molecule has 1 fully saturated rings. The normalized spacial score (nSPS) is 20.4. The zero-order chi connectivity index (χ0) is 11.5. The van der Waals surface area contributed by atoms with Crippen LogP contribution in [0.4, 0.5) is 5.82 Å². The number of anilines is 1. The van der Waals surface area contributed by atoms with Crippen LogP contribution in [0, 0.1) is 0 Å². The zero-order valence-electron chi connectivity index (χ0n) is 9.40. The lowest BCUT2D eigenvalue weighted by Crippen LogP contribution is -2.31. The van der Waals surface area contributed by atoms with Crippen molar-refractivity contribution in [3.05, 3.63) is 22.7 Å². The molecule has 1 aromatic rings. The van der Waals surface area contributed by atoms with Gasteiger partial charge in [-0.3, -0.25) is 4.79 Å². The van der Waals surface area contributed by atoms with E-state index < -0.39 is 0 Å². The molecule has 0 radical (unpaired) electrons. The highest BCUT2D eigenvalue weighted by Crippen LogP contribution is 2.19. The molecule has 1 aromatic heterocycles. The topological polar surface area (TPSA) is 38.1 Å². The molecular weight excluding hydrogens is 270 g/mol. The van der Waals surface area contributed by atoms with Gasteiger partial charge in [0, 0.05) is 36.9 Å². The maximum absolute atomic E-state index is 12.1. The molecule has 88 valence electrons. The van der Waals surface area contributed by atoms with Crippen LogP contribution in [-0.4, -0.2) is 27.5 Å². The summed E-state index contributed by atoms with van der Waals surface area (Å²) in [7, 11) is 0. The molecule has 1 saturated heterocycles. The van der Waals surface area contributed by atoms with Crippen LogP contribution in [0.25, 0.3) is 0 Å². The molecule has 1 atom stereocenters.